The van der Waals surface area contributed by atoms with Crippen LogP contribution in [0.15, 0.2) is 66.2 Å². The number of hydrogen-bond donors (Lipinski definition) is 2. The highest BCUT2D eigenvalue weighted by Gasteiger charge is 2.49. The molecule has 172 valence electrons. The molecule has 1 unspecified atom stereocenters. The van der Waals surface area contributed by atoms with E-state index in [4.69, 9.17) is 10.1 Å². The lowest BCUT2D eigenvalue weighted by Gasteiger charge is -2.34. The zero-order chi connectivity index (χ0) is 23.4. The Hall–Kier alpha value is -4.07. The van der Waals surface area contributed by atoms with E-state index >= 15 is 0 Å². The van der Waals surface area contributed by atoms with Gasteiger partial charge in [0.1, 0.15) is 17.1 Å². The van der Waals surface area contributed by atoms with Gasteiger partial charge in [-0.05, 0) is 37.0 Å². The molecule has 0 radical (unpaired) electrons. The maximum Gasteiger partial charge on any atom is 0.267 e. The van der Waals surface area contributed by atoms with Crippen LogP contribution in [-0.2, 0) is 6.54 Å². The highest BCUT2D eigenvalue weighted by atomic mass is 16.3. The van der Waals surface area contributed by atoms with Gasteiger partial charge in [-0.25, -0.2) is 9.67 Å². The van der Waals surface area contributed by atoms with Gasteiger partial charge in [-0.2, -0.15) is 5.10 Å². The fourth-order valence-electron chi connectivity index (χ4n) is 5.18. The van der Waals surface area contributed by atoms with Gasteiger partial charge in [0, 0.05) is 18.3 Å². The molecule has 2 aliphatic heterocycles. The van der Waals surface area contributed by atoms with Gasteiger partial charge in [-0.15, -0.1) is 0 Å². The smallest absolute Gasteiger partial charge is 0.267 e. The van der Waals surface area contributed by atoms with Gasteiger partial charge in [0.2, 0.25) is 5.96 Å². The molecule has 2 aromatic carbocycles. The SMILES string of the molecule is C=C(O)c1ccc(Cn2nc3c(c2Nc2ccccc2)C(=O)N(C)C2=NC4CCC[C@@H]4N23)cc1. The summed E-state index contributed by atoms with van der Waals surface area (Å²) < 4.78 is 1.86. The third kappa shape index (κ3) is 3.17. The molecule has 3 aromatic rings. The first-order valence-corrected chi connectivity index (χ1v) is 11.6. The van der Waals surface area contributed by atoms with E-state index in [0.29, 0.717) is 35.3 Å². The molecule has 1 aliphatic carbocycles. The number of rotatable bonds is 5. The number of hydrogen-bond acceptors (Lipinski definition) is 6. The molecule has 8 heteroatoms. The van der Waals surface area contributed by atoms with Gasteiger partial charge < -0.3 is 10.4 Å². The lowest BCUT2D eigenvalue weighted by atomic mass is 10.1. The first kappa shape index (κ1) is 20.5. The normalized spacial score (nSPS) is 20.6. The van der Waals surface area contributed by atoms with Crippen LogP contribution < -0.4 is 10.2 Å². The Morgan fingerprint density at radius 3 is 2.65 bits per heavy atom. The fourth-order valence-corrected chi connectivity index (χ4v) is 5.18. The molecule has 6 rings (SSSR count). The fraction of sp³-hybridized carbons (Fsp3) is 0.269. The van der Waals surface area contributed by atoms with Crippen molar-refractivity contribution in [2.24, 2.45) is 4.99 Å². The first-order valence-electron chi connectivity index (χ1n) is 11.6. The van der Waals surface area contributed by atoms with Crippen molar-refractivity contribution in [1.29, 1.82) is 0 Å². The van der Waals surface area contributed by atoms with Crippen molar-refractivity contribution < 1.29 is 9.90 Å². The number of aliphatic imine (C=N–C) groups is 1. The quantitative estimate of drug-likeness (QED) is 0.559. The number of carbonyl (C=O) groups excluding carboxylic acids is 1. The van der Waals surface area contributed by atoms with Crippen molar-refractivity contribution in [2.45, 2.75) is 37.9 Å². The number of anilines is 3. The van der Waals surface area contributed by atoms with E-state index in [-0.39, 0.29) is 23.8 Å². The maximum atomic E-state index is 13.6. The van der Waals surface area contributed by atoms with Gasteiger partial charge in [-0.1, -0.05) is 49.0 Å². The summed E-state index contributed by atoms with van der Waals surface area (Å²) in [6, 6.07) is 17.8. The molecule has 1 saturated carbocycles. The molecule has 0 bridgehead atoms. The van der Waals surface area contributed by atoms with Crippen molar-refractivity contribution >= 4 is 34.9 Å². The predicted molar refractivity (Wildman–Crippen MR) is 133 cm³/mol. The van der Waals surface area contributed by atoms with Crippen molar-refractivity contribution in [3.8, 4) is 0 Å². The minimum atomic E-state index is -0.110. The second kappa shape index (κ2) is 7.76. The molecule has 3 aliphatic rings. The number of amides is 1. The van der Waals surface area contributed by atoms with Crippen LogP contribution in [0, 0.1) is 0 Å². The lowest BCUT2D eigenvalue weighted by Crippen LogP contribution is -2.51. The molecule has 0 saturated heterocycles. The Balaban J connectivity index is 1.46. The number of para-hydroxylation sites is 1. The molecule has 3 heterocycles. The number of aromatic nitrogens is 2. The molecule has 2 atom stereocenters. The second-order valence-corrected chi connectivity index (χ2v) is 9.07. The number of nitrogens with one attached hydrogen (secondary N) is 1. The van der Waals surface area contributed by atoms with Crippen molar-refractivity contribution in [2.75, 3.05) is 17.3 Å². The maximum absolute atomic E-state index is 13.6. The summed E-state index contributed by atoms with van der Waals surface area (Å²) in [6.45, 7) is 4.05. The Labute approximate surface area is 197 Å². The molecule has 1 amide bonds. The summed E-state index contributed by atoms with van der Waals surface area (Å²) >= 11 is 0. The third-order valence-corrected chi connectivity index (χ3v) is 6.91. The molecular weight excluding hydrogens is 428 g/mol. The number of benzene rings is 2. The molecule has 1 aromatic heterocycles. The summed E-state index contributed by atoms with van der Waals surface area (Å²) in [4.78, 5) is 22.3. The van der Waals surface area contributed by atoms with Crippen molar-refractivity contribution in [3.05, 3.63) is 77.9 Å². The zero-order valence-corrected chi connectivity index (χ0v) is 19.0. The Morgan fingerprint density at radius 2 is 1.91 bits per heavy atom. The molecule has 2 N–H and O–H groups in total. The van der Waals surface area contributed by atoms with E-state index < -0.39 is 0 Å². The van der Waals surface area contributed by atoms with Gasteiger partial charge in [-0.3, -0.25) is 14.6 Å². The Morgan fingerprint density at radius 1 is 1.15 bits per heavy atom. The summed E-state index contributed by atoms with van der Waals surface area (Å²) in [5, 5.41) is 18.1. The summed E-state index contributed by atoms with van der Waals surface area (Å²) in [6.07, 6.45) is 3.22. The van der Waals surface area contributed by atoms with Crippen LogP contribution in [0.25, 0.3) is 5.76 Å². The number of nitrogens with zero attached hydrogens (tertiary/aromatic N) is 5. The molecule has 8 nitrogen and oxygen atoms in total. The molecular formula is C26H26N6O2. The van der Waals surface area contributed by atoms with E-state index in [1.165, 1.54) is 0 Å². The average molecular weight is 455 g/mol. The zero-order valence-electron chi connectivity index (χ0n) is 19.0. The van der Waals surface area contributed by atoms with Crippen LogP contribution >= 0.6 is 0 Å². The Kier molecular flexibility index (Phi) is 4.69. The van der Waals surface area contributed by atoms with E-state index in [1.54, 1.807) is 11.9 Å². The summed E-state index contributed by atoms with van der Waals surface area (Å²) in [5.41, 5.74) is 3.12. The van der Waals surface area contributed by atoms with Crippen LogP contribution in [0.5, 0.6) is 0 Å². The van der Waals surface area contributed by atoms with E-state index in [2.05, 4.69) is 16.8 Å². The average Bonchev–Trinajstić information content (AvgIpc) is 3.52. The minimum Gasteiger partial charge on any atom is -0.508 e. The van der Waals surface area contributed by atoms with E-state index in [9.17, 15) is 9.90 Å². The number of aliphatic hydroxyl groups excluding tert-OH is 1. The van der Waals surface area contributed by atoms with Crippen LogP contribution in [0.2, 0.25) is 0 Å². The van der Waals surface area contributed by atoms with Gasteiger partial charge >= 0.3 is 0 Å². The van der Waals surface area contributed by atoms with Crippen LogP contribution in [0.4, 0.5) is 17.3 Å². The second-order valence-electron chi connectivity index (χ2n) is 9.07. The molecule has 0 spiro atoms. The number of guanidine groups is 1. The Bertz CT molecular complexity index is 1310. The third-order valence-electron chi connectivity index (χ3n) is 6.91. The van der Waals surface area contributed by atoms with Crippen LogP contribution in [0.1, 0.15) is 40.7 Å². The van der Waals surface area contributed by atoms with Gasteiger partial charge in [0.05, 0.1) is 18.6 Å². The topological polar surface area (TPSA) is 86.0 Å². The van der Waals surface area contributed by atoms with Gasteiger partial charge in [0.15, 0.2) is 5.82 Å². The largest absolute Gasteiger partial charge is 0.508 e. The summed E-state index contributed by atoms with van der Waals surface area (Å²) in [5.74, 6) is 1.97. The predicted octanol–water partition coefficient (Wildman–Crippen LogP) is 4.39. The minimum absolute atomic E-state index is 0.0353. The van der Waals surface area contributed by atoms with E-state index in [1.807, 2.05) is 59.3 Å². The molecule has 34 heavy (non-hydrogen) atoms. The van der Waals surface area contributed by atoms with Crippen molar-refractivity contribution in [1.82, 2.24) is 14.7 Å². The first-order chi connectivity index (χ1) is 16.5. The standard InChI is InChI=1S/C26H26N6O2/c1-16(33)18-13-11-17(12-14-18)15-31-23(27-19-7-4-3-5-8-19)22-24(29-31)32-21-10-6-9-20(21)28-26(32)30(2)25(22)34/h3-5,7-8,11-14,20-21,27,33H,1,6,9-10,15H2,2H3/t20?,21-/m0/s1. The van der Waals surface area contributed by atoms with Crippen LogP contribution in [0.3, 0.4) is 0 Å². The number of fused-ring (bicyclic) bond motifs is 5. The lowest BCUT2D eigenvalue weighted by molar-refractivity contribution is 0.0866. The van der Waals surface area contributed by atoms with Crippen LogP contribution in [-0.4, -0.2) is 50.8 Å². The number of carbonyl (C=O) groups is 1. The molecule has 1 fully saturated rings. The number of aliphatic hydroxyl groups is 1. The van der Waals surface area contributed by atoms with Gasteiger partial charge in [0.25, 0.3) is 5.91 Å². The highest BCUT2D eigenvalue weighted by molar-refractivity contribution is 6.21. The van der Waals surface area contributed by atoms with E-state index in [0.717, 1.165) is 30.5 Å². The highest BCUT2D eigenvalue weighted by Crippen LogP contribution is 2.42. The van der Waals surface area contributed by atoms with Crippen molar-refractivity contribution in [3.63, 3.8) is 0 Å². The monoisotopic (exact) mass is 454 g/mol. The summed E-state index contributed by atoms with van der Waals surface area (Å²) in [7, 11) is 1.79.